The molecule has 0 unspecified atom stereocenters. The third-order valence-corrected chi connectivity index (χ3v) is 5.26. The number of hydrogen-bond acceptors (Lipinski definition) is 5. The molecule has 4 rings (SSSR count). The molecule has 0 atom stereocenters. The van der Waals surface area contributed by atoms with Crippen molar-refractivity contribution in [3.63, 3.8) is 0 Å². The molecule has 0 spiro atoms. The van der Waals surface area contributed by atoms with Crippen LogP contribution in [0, 0.1) is 0 Å². The van der Waals surface area contributed by atoms with Crippen molar-refractivity contribution in [3.8, 4) is 5.75 Å². The zero-order chi connectivity index (χ0) is 18.5. The molecule has 2 aromatic rings. The summed E-state index contributed by atoms with van der Waals surface area (Å²) in [5.74, 6) is 0.640. The summed E-state index contributed by atoms with van der Waals surface area (Å²) < 4.78 is 5.84. The Hall–Kier alpha value is -2.09. The summed E-state index contributed by atoms with van der Waals surface area (Å²) in [6, 6.07) is 7.53. The van der Waals surface area contributed by atoms with Gasteiger partial charge in [-0.2, -0.15) is 5.10 Å². The number of fused-ring (bicyclic) bond motifs is 1. The van der Waals surface area contributed by atoms with Gasteiger partial charge in [0.15, 0.2) is 5.69 Å². The molecule has 3 heterocycles. The predicted molar refractivity (Wildman–Crippen MR) is 111 cm³/mol. The summed E-state index contributed by atoms with van der Waals surface area (Å²) in [6.07, 6.45) is 4.81. The molecular formula is C20H28ClN5O2. The maximum absolute atomic E-state index is 12.5. The van der Waals surface area contributed by atoms with E-state index in [1.54, 1.807) is 0 Å². The lowest BCUT2D eigenvalue weighted by Crippen LogP contribution is -2.33. The number of nitrogens with one attached hydrogen (secondary N) is 3. The highest BCUT2D eigenvalue weighted by Gasteiger charge is 2.21. The molecule has 3 N–H and O–H groups in total. The monoisotopic (exact) mass is 405 g/mol. The van der Waals surface area contributed by atoms with Crippen molar-refractivity contribution in [2.75, 3.05) is 38.1 Å². The number of H-pyrrole nitrogens is 1. The lowest BCUT2D eigenvalue weighted by Gasteiger charge is -2.26. The molecule has 8 heteroatoms. The fourth-order valence-electron chi connectivity index (χ4n) is 3.71. The third kappa shape index (κ3) is 5.04. The largest absolute Gasteiger partial charge is 0.492 e. The van der Waals surface area contributed by atoms with Crippen LogP contribution in [0.1, 0.15) is 41.0 Å². The summed E-state index contributed by atoms with van der Waals surface area (Å²) in [7, 11) is 0. The number of aromatic nitrogens is 2. The van der Waals surface area contributed by atoms with Gasteiger partial charge in [-0.15, -0.1) is 12.4 Å². The number of aromatic amines is 1. The van der Waals surface area contributed by atoms with Gasteiger partial charge in [0.1, 0.15) is 12.4 Å². The third-order valence-electron chi connectivity index (χ3n) is 5.26. The number of ether oxygens (including phenoxy) is 1. The summed E-state index contributed by atoms with van der Waals surface area (Å²) in [5, 5.41) is 13.4. The summed E-state index contributed by atoms with van der Waals surface area (Å²) in [6.45, 7) is 5.62. The lowest BCUT2D eigenvalue weighted by molar-refractivity contribution is 0.102. The average molecular weight is 406 g/mol. The van der Waals surface area contributed by atoms with E-state index in [1.165, 1.54) is 32.4 Å². The maximum atomic E-state index is 12.5. The van der Waals surface area contributed by atoms with Gasteiger partial charge in [0.05, 0.1) is 0 Å². The van der Waals surface area contributed by atoms with Crippen molar-refractivity contribution >= 4 is 24.0 Å². The fourth-order valence-corrected chi connectivity index (χ4v) is 3.71. The van der Waals surface area contributed by atoms with Crippen molar-refractivity contribution in [1.29, 1.82) is 0 Å². The number of carbonyl (C=O) groups excluding carboxylic acids is 1. The van der Waals surface area contributed by atoms with E-state index in [2.05, 4.69) is 25.7 Å². The van der Waals surface area contributed by atoms with Crippen LogP contribution in [-0.2, 0) is 13.0 Å². The van der Waals surface area contributed by atoms with Crippen molar-refractivity contribution in [2.45, 2.75) is 32.2 Å². The lowest BCUT2D eigenvalue weighted by atomic mass is 10.1. The summed E-state index contributed by atoms with van der Waals surface area (Å²) in [4.78, 5) is 15.0. The standard InChI is InChI=1S/C20H27N5O2.ClH/c26-20(19-17-14-21-9-8-18(17)23-24-19)22-15-4-6-16(7-5-15)27-13-12-25-10-2-1-3-11-25;/h4-7,21H,1-3,8-14H2,(H,22,26)(H,23,24);1H. The molecule has 0 aliphatic carbocycles. The Bertz CT molecular complexity index is 771. The molecule has 0 saturated carbocycles. The molecule has 1 aromatic heterocycles. The zero-order valence-electron chi connectivity index (χ0n) is 16.0. The molecule has 1 amide bonds. The van der Waals surface area contributed by atoms with Gasteiger partial charge < -0.3 is 15.4 Å². The van der Waals surface area contributed by atoms with Gasteiger partial charge in [0.2, 0.25) is 0 Å². The number of hydrogen-bond donors (Lipinski definition) is 3. The first-order chi connectivity index (χ1) is 13.3. The average Bonchev–Trinajstić information content (AvgIpc) is 3.14. The van der Waals surface area contributed by atoms with Crippen LogP contribution in [0.3, 0.4) is 0 Å². The fraction of sp³-hybridized carbons (Fsp3) is 0.500. The minimum absolute atomic E-state index is 0. The number of amides is 1. The van der Waals surface area contributed by atoms with E-state index in [1.807, 2.05) is 24.3 Å². The Morgan fingerprint density at radius 2 is 1.96 bits per heavy atom. The predicted octanol–water partition coefficient (Wildman–Crippen LogP) is 2.59. The highest BCUT2D eigenvalue weighted by molar-refractivity contribution is 6.04. The van der Waals surface area contributed by atoms with Crippen LogP contribution in [0.4, 0.5) is 5.69 Å². The normalized spacial score (nSPS) is 16.7. The van der Waals surface area contributed by atoms with Gasteiger partial charge in [-0.1, -0.05) is 6.42 Å². The summed E-state index contributed by atoms with van der Waals surface area (Å²) >= 11 is 0. The smallest absolute Gasteiger partial charge is 0.276 e. The zero-order valence-corrected chi connectivity index (χ0v) is 16.8. The van der Waals surface area contributed by atoms with Gasteiger partial charge in [0, 0.05) is 43.0 Å². The van der Waals surface area contributed by atoms with Crippen LogP contribution >= 0.6 is 12.4 Å². The van der Waals surface area contributed by atoms with E-state index in [9.17, 15) is 4.79 Å². The quantitative estimate of drug-likeness (QED) is 0.688. The van der Waals surface area contributed by atoms with Gasteiger partial charge >= 0.3 is 0 Å². The first-order valence-corrected chi connectivity index (χ1v) is 9.83. The van der Waals surface area contributed by atoms with Crippen LogP contribution in [0.5, 0.6) is 5.75 Å². The molecule has 0 radical (unpaired) electrons. The van der Waals surface area contributed by atoms with Crippen molar-refractivity contribution in [2.24, 2.45) is 0 Å². The maximum Gasteiger partial charge on any atom is 0.276 e. The van der Waals surface area contributed by atoms with Crippen LogP contribution < -0.4 is 15.4 Å². The van der Waals surface area contributed by atoms with Crippen molar-refractivity contribution < 1.29 is 9.53 Å². The first-order valence-electron chi connectivity index (χ1n) is 9.83. The SMILES string of the molecule is Cl.O=C(Nc1ccc(OCCN2CCCCC2)cc1)c1n[nH]c2c1CNCC2. The number of anilines is 1. The topological polar surface area (TPSA) is 82.3 Å². The number of likely N-dealkylation sites (tertiary alicyclic amines) is 1. The van der Waals surface area contributed by atoms with E-state index in [4.69, 9.17) is 4.74 Å². The minimum Gasteiger partial charge on any atom is -0.492 e. The second-order valence-corrected chi connectivity index (χ2v) is 7.19. The van der Waals surface area contributed by atoms with Crippen LogP contribution in [0.15, 0.2) is 24.3 Å². The number of benzene rings is 1. The van der Waals surface area contributed by atoms with E-state index in [-0.39, 0.29) is 18.3 Å². The van der Waals surface area contributed by atoms with Crippen molar-refractivity contribution in [1.82, 2.24) is 20.4 Å². The number of halogens is 1. The van der Waals surface area contributed by atoms with Crippen LogP contribution in [-0.4, -0.2) is 53.8 Å². The highest BCUT2D eigenvalue weighted by atomic mass is 35.5. The minimum atomic E-state index is -0.185. The molecule has 0 bridgehead atoms. The van der Waals surface area contributed by atoms with Gasteiger partial charge in [-0.25, -0.2) is 0 Å². The Kier molecular flexibility index (Phi) is 7.30. The molecule has 2 aliphatic heterocycles. The molecule has 1 aromatic carbocycles. The van der Waals surface area contributed by atoms with Crippen LogP contribution in [0.25, 0.3) is 0 Å². The second-order valence-electron chi connectivity index (χ2n) is 7.19. The Morgan fingerprint density at radius 3 is 2.75 bits per heavy atom. The number of rotatable bonds is 6. The first kappa shape index (κ1) is 20.6. The number of piperidine rings is 1. The molecule has 7 nitrogen and oxygen atoms in total. The molecule has 152 valence electrons. The van der Waals surface area contributed by atoms with Crippen molar-refractivity contribution in [3.05, 3.63) is 41.2 Å². The molecule has 1 fully saturated rings. The van der Waals surface area contributed by atoms with Gasteiger partial charge in [-0.05, 0) is 50.2 Å². The van der Waals surface area contributed by atoms with E-state index < -0.39 is 0 Å². The Balaban J connectivity index is 0.00000225. The molecule has 2 aliphatic rings. The van der Waals surface area contributed by atoms with E-state index >= 15 is 0 Å². The number of nitrogens with zero attached hydrogens (tertiary/aromatic N) is 2. The van der Waals surface area contributed by atoms with Gasteiger partial charge in [-0.3, -0.25) is 14.8 Å². The van der Waals surface area contributed by atoms with E-state index in [0.717, 1.165) is 42.2 Å². The summed E-state index contributed by atoms with van der Waals surface area (Å²) in [5.41, 5.74) is 3.23. The highest BCUT2D eigenvalue weighted by Crippen LogP contribution is 2.19. The molecular weight excluding hydrogens is 378 g/mol. The second kappa shape index (κ2) is 9.91. The molecule has 1 saturated heterocycles. The van der Waals surface area contributed by atoms with Gasteiger partial charge in [0.25, 0.3) is 5.91 Å². The van der Waals surface area contributed by atoms with Crippen LogP contribution in [0.2, 0.25) is 0 Å². The van der Waals surface area contributed by atoms with E-state index in [0.29, 0.717) is 18.8 Å². The molecule has 28 heavy (non-hydrogen) atoms. The number of carbonyl (C=O) groups is 1. The Morgan fingerprint density at radius 1 is 1.18 bits per heavy atom. The Labute approximate surface area is 171 Å².